The number of anilines is 1. The van der Waals surface area contributed by atoms with Gasteiger partial charge < -0.3 is 10.1 Å². The number of hydrogen-bond acceptors (Lipinski definition) is 5. The lowest BCUT2D eigenvalue weighted by Gasteiger charge is -2.17. The summed E-state index contributed by atoms with van der Waals surface area (Å²) in [6, 6.07) is 9.83. The minimum Gasteiger partial charge on any atom is -0.497 e. The standard InChI is InChI=1S/C15H16N4O/c1-15(2,10-16)19-14-17-8-12(9-18-14)11-5-4-6-13(7-11)20-3/h4-9H,1-3H3,(H,17,18,19). The first-order chi connectivity index (χ1) is 9.54. The van der Waals surface area contributed by atoms with E-state index in [1.54, 1.807) is 33.4 Å². The van der Waals surface area contributed by atoms with E-state index in [-0.39, 0.29) is 0 Å². The van der Waals surface area contributed by atoms with Crippen LogP contribution in [0.3, 0.4) is 0 Å². The molecule has 20 heavy (non-hydrogen) atoms. The maximum Gasteiger partial charge on any atom is 0.223 e. The molecule has 5 heteroatoms. The maximum absolute atomic E-state index is 8.96. The predicted octanol–water partition coefficient (Wildman–Crippen LogP) is 2.87. The van der Waals surface area contributed by atoms with Crippen LogP contribution in [0.15, 0.2) is 36.7 Å². The Labute approximate surface area is 118 Å². The number of nitrogens with one attached hydrogen (secondary N) is 1. The van der Waals surface area contributed by atoms with E-state index < -0.39 is 5.54 Å². The maximum atomic E-state index is 8.96. The fraction of sp³-hybridized carbons (Fsp3) is 0.267. The van der Waals surface area contributed by atoms with Gasteiger partial charge in [-0.25, -0.2) is 9.97 Å². The number of ether oxygens (including phenoxy) is 1. The molecule has 2 rings (SSSR count). The zero-order valence-corrected chi connectivity index (χ0v) is 11.7. The van der Waals surface area contributed by atoms with Crippen molar-refractivity contribution >= 4 is 5.95 Å². The van der Waals surface area contributed by atoms with Crippen LogP contribution in [0.25, 0.3) is 11.1 Å². The first-order valence-electron chi connectivity index (χ1n) is 6.20. The molecule has 5 nitrogen and oxygen atoms in total. The molecule has 0 bridgehead atoms. The van der Waals surface area contributed by atoms with Crippen LogP contribution >= 0.6 is 0 Å². The zero-order valence-electron chi connectivity index (χ0n) is 11.7. The molecule has 0 saturated carbocycles. The van der Waals surface area contributed by atoms with Gasteiger partial charge in [0.25, 0.3) is 0 Å². The van der Waals surface area contributed by atoms with Gasteiger partial charge in [-0.1, -0.05) is 12.1 Å². The van der Waals surface area contributed by atoms with Gasteiger partial charge in [-0.15, -0.1) is 0 Å². The first-order valence-corrected chi connectivity index (χ1v) is 6.20. The number of benzene rings is 1. The van der Waals surface area contributed by atoms with Crippen LogP contribution in [-0.4, -0.2) is 22.6 Å². The summed E-state index contributed by atoms with van der Waals surface area (Å²) < 4.78 is 5.19. The quantitative estimate of drug-likeness (QED) is 0.923. The molecule has 0 spiro atoms. The highest BCUT2D eigenvalue weighted by Crippen LogP contribution is 2.23. The van der Waals surface area contributed by atoms with Crippen LogP contribution in [0.5, 0.6) is 5.75 Å². The molecule has 0 aliphatic carbocycles. The van der Waals surface area contributed by atoms with Crippen LogP contribution in [0.4, 0.5) is 5.95 Å². The van der Waals surface area contributed by atoms with Crippen molar-refractivity contribution < 1.29 is 4.74 Å². The normalized spacial score (nSPS) is 10.7. The Bertz CT molecular complexity index is 629. The summed E-state index contributed by atoms with van der Waals surface area (Å²) in [5.74, 6) is 1.22. The lowest BCUT2D eigenvalue weighted by atomic mass is 10.1. The third-order valence-corrected chi connectivity index (χ3v) is 2.76. The van der Waals surface area contributed by atoms with E-state index in [0.29, 0.717) is 5.95 Å². The van der Waals surface area contributed by atoms with Gasteiger partial charge in [-0.3, -0.25) is 0 Å². The average molecular weight is 268 g/mol. The Hall–Kier alpha value is -2.61. The second-order valence-electron chi connectivity index (χ2n) is 4.89. The van der Waals surface area contributed by atoms with Crippen molar-refractivity contribution in [2.75, 3.05) is 12.4 Å². The van der Waals surface area contributed by atoms with Crippen LogP contribution in [0.2, 0.25) is 0 Å². The Morgan fingerprint density at radius 2 is 1.90 bits per heavy atom. The molecule has 0 atom stereocenters. The molecule has 0 aliphatic rings. The predicted molar refractivity (Wildman–Crippen MR) is 77.3 cm³/mol. The third-order valence-electron chi connectivity index (χ3n) is 2.76. The monoisotopic (exact) mass is 268 g/mol. The second kappa shape index (κ2) is 5.57. The Kier molecular flexibility index (Phi) is 3.85. The van der Waals surface area contributed by atoms with Crippen molar-refractivity contribution in [1.29, 1.82) is 5.26 Å². The Morgan fingerprint density at radius 1 is 1.20 bits per heavy atom. The molecular formula is C15H16N4O. The number of aromatic nitrogens is 2. The van der Waals surface area contributed by atoms with Crippen molar-refractivity contribution in [2.24, 2.45) is 0 Å². The first kappa shape index (κ1) is 13.8. The number of methoxy groups -OCH3 is 1. The van der Waals surface area contributed by atoms with Crippen molar-refractivity contribution in [2.45, 2.75) is 19.4 Å². The molecule has 0 radical (unpaired) electrons. The summed E-state index contributed by atoms with van der Waals surface area (Å²) in [4.78, 5) is 8.46. The van der Waals surface area contributed by atoms with E-state index in [1.807, 2.05) is 24.3 Å². The Morgan fingerprint density at radius 3 is 2.50 bits per heavy atom. The lowest BCUT2D eigenvalue weighted by molar-refractivity contribution is 0.415. The van der Waals surface area contributed by atoms with Crippen molar-refractivity contribution in [3.8, 4) is 22.9 Å². The van der Waals surface area contributed by atoms with Crippen molar-refractivity contribution in [3.05, 3.63) is 36.7 Å². The second-order valence-corrected chi connectivity index (χ2v) is 4.89. The van der Waals surface area contributed by atoms with E-state index in [0.717, 1.165) is 16.9 Å². The molecule has 0 amide bonds. The minimum atomic E-state index is -0.697. The molecule has 1 aromatic heterocycles. The van der Waals surface area contributed by atoms with Gasteiger partial charge >= 0.3 is 0 Å². The molecule has 0 fully saturated rings. The van der Waals surface area contributed by atoms with Crippen LogP contribution in [-0.2, 0) is 0 Å². The Balaban J connectivity index is 2.22. The van der Waals surface area contributed by atoms with E-state index in [2.05, 4.69) is 21.4 Å². The van der Waals surface area contributed by atoms with E-state index >= 15 is 0 Å². The summed E-state index contributed by atoms with van der Waals surface area (Å²) in [5, 5.41) is 11.9. The molecular weight excluding hydrogens is 252 g/mol. The van der Waals surface area contributed by atoms with Gasteiger partial charge in [-0.05, 0) is 31.5 Å². The molecule has 1 aromatic carbocycles. The van der Waals surface area contributed by atoms with Gasteiger partial charge in [-0.2, -0.15) is 5.26 Å². The SMILES string of the molecule is COc1cccc(-c2cnc(NC(C)(C)C#N)nc2)c1. The molecule has 0 unspecified atom stereocenters. The summed E-state index contributed by atoms with van der Waals surface area (Å²) in [5.41, 5.74) is 1.18. The smallest absolute Gasteiger partial charge is 0.223 e. The van der Waals surface area contributed by atoms with Gasteiger partial charge in [0.1, 0.15) is 11.3 Å². The average Bonchev–Trinajstić information content (AvgIpc) is 2.48. The van der Waals surface area contributed by atoms with E-state index in [4.69, 9.17) is 10.00 Å². The topological polar surface area (TPSA) is 70.8 Å². The fourth-order valence-electron chi connectivity index (χ4n) is 1.65. The van der Waals surface area contributed by atoms with Crippen LogP contribution < -0.4 is 10.1 Å². The van der Waals surface area contributed by atoms with Crippen LogP contribution in [0.1, 0.15) is 13.8 Å². The molecule has 2 aromatic rings. The lowest BCUT2D eigenvalue weighted by Crippen LogP contribution is -2.29. The van der Waals surface area contributed by atoms with Gasteiger partial charge in [0.05, 0.1) is 13.2 Å². The van der Waals surface area contributed by atoms with Gasteiger partial charge in [0, 0.05) is 18.0 Å². The summed E-state index contributed by atoms with van der Waals surface area (Å²) in [6.45, 7) is 3.54. The number of nitrogens with zero attached hydrogens (tertiary/aromatic N) is 3. The van der Waals surface area contributed by atoms with Gasteiger partial charge in [0.2, 0.25) is 5.95 Å². The third kappa shape index (κ3) is 3.23. The number of nitriles is 1. The van der Waals surface area contributed by atoms with E-state index in [9.17, 15) is 0 Å². The van der Waals surface area contributed by atoms with Crippen molar-refractivity contribution in [3.63, 3.8) is 0 Å². The number of rotatable bonds is 4. The highest BCUT2D eigenvalue weighted by Gasteiger charge is 2.17. The number of hydrogen-bond donors (Lipinski definition) is 1. The fourth-order valence-corrected chi connectivity index (χ4v) is 1.65. The largest absolute Gasteiger partial charge is 0.497 e. The molecule has 102 valence electrons. The molecule has 0 saturated heterocycles. The molecule has 0 aliphatic heterocycles. The van der Waals surface area contributed by atoms with Crippen molar-refractivity contribution in [1.82, 2.24) is 9.97 Å². The van der Waals surface area contributed by atoms with E-state index in [1.165, 1.54) is 0 Å². The summed E-state index contributed by atoms with van der Waals surface area (Å²) >= 11 is 0. The van der Waals surface area contributed by atoms with Gasteiger partial charge in [0.15, 0.2) is 0 Å². The molecule has 1 N–H and O–H groups in total. The summed E-state index contributed by atoms with van der Waals surface area (Å²) in [6.07, 6.45) is 3.44. The van der Waals surface area contributed by atoms with Crippen LogP contribution in [0, 0.1) is 11.3 Å². The zero-order chi connectivity index (χ0) is 14.6. The molecule has 1 heterocycles. The summed E-state index contributed by atoms with van der Waals surface area (Å²) in [7, 11) is 1.63. The minimum absolute atomic E-state index is 0.434. The highest BCUT2D eigenvalue weighted by molar-refractivity contribution is 5.63. The highest BCUT2D eigenvalue weighted by atomic mass is 16.5.